The van der Waals surface area contributed by atoms with Crippen LogP contribution in [-0.4, -0.2) is 35.4 Å². The number of sulfonamides is 1. The minimum absolute atomic E-state index is 0.00863. The van der Waals surface area contributed by atoms with E-state index in [1.165, 1.54) is 39.9 Å². The quantitative estimate of drug-likeness (QED) is 0.580. The lowest BCUT2D eigenvalue weighted by molar-refractivity contribution is 0.0683. The summed E-state index contributed by atoms with van der Waals surface area (Å²) >= 11 is 6.76. The first kappa shape index (κ1) is 21.3. The van der Waals surface area contributed by atoms with Gasteiger partial charge in [-0.3, -0.25) is 14.3 Å². The minimum Gasteiger partial charge on any atom is -0.502 e. The molecule has 0 fully saturated rings. The first-order valence-corrected chi connectivity index (χ1v) is 11.7. The van der Waals surface area contributed by atoms with Gasteiger partial charge in [0.2, 0.25) is 5.43 Å². The smallest absolute Gasteiger partial charge is 0.274 e. The minimum atomic E-state index is -4.00. The van der Waals surface area contributed by atoms with Crippen molar-refractivity contribution >= 4 is 44.6 Å². The van der Waals surface area contributed by atoms with Crippen molar-refractivity contribution in [3.63, 3.8) is 0 Å². The molecule has 0 spiro atoms. The number of thiophene rings is 1. The summed E-state index contributed by atoms with van der Waals surface area (Å²) in [6.45, 7) is 0.525. The fourth-order valence-electron chi connectivity index (χ4n) is 3.22. The van der Waals surface area contributed by atoms with Crippen LogP contribution in [-0.2, 0) is 23.1 Å². The van der Waals surface area contributed by atoms with Gasteiger partial charge in [0, 0.05) is 25.8 Å². The third-order valence-corrected chi connectivity index (χ3v) is 7.77. The number of fused-ring (bicyclic) bond motifs is 1. The Morgan fingerprint density at radius 1 is 1.23 bits per heavy atom. The molecule has 0 unspecified atom stereocenters. The van der Waals surface area contributed by atoms with Crippen LogP contribution >= 0.6 is 22.9 Å². The summed E-state index contributed by atoms with van der Waals surface area (Å²) in [6.07, 6.45) is 1.20. The van der Waals surface area contributed by atoms with Crippen LogP contribution in [0.25, 0.3) is 0 Å². The molecule has 3 aromatic rings. The molecule has 12 heteroatoms. The van der Waals surface area contributed by atoms with E-state index in [9.17, 15) is 27.5 Å². The van der Waals surface area contributed by atoms with E-state index in [-0.39, 0.29) is 40.2 Å². The molecule has 1 amide bonds. The van der Waals surface area contributed by atoms with Crippen molar-refractivity contribution in [2.75, 3.05) is 11.3 Å². The van der Waals surface area contributed by atoms with Gasteiger partial charge in [-0.1, -0.05) is 23.7 Å². The van der Waals surface area contributed by atoms with Gasteiger partial charge in [-0.05, 0) is 29.1 Å². The second kappa shape index (κ2) is 7.98. The number of amides is 1. The van der Waals surface area contributed by atoms with E-state index in [0.717, 1.165) is 11.3 Å². The number of hydrogen-bond acceptors (Lipinski definition) is 6. The SMILES string of the molecule is O=C1c2c(O)c(=O)c(NS(=O)(=O)c3cccs3)cn2CCN1Cc1ccc(F)c(Cl)c1. The molecule has 0 aliphatic carbocycles. The fraction of sp³-hybridized carbons (Fsp3) is 0.158. The van der Waals surface area contributed by atoms with Crippen LogP contribution in [0.1, 0.15) is 16.1 Å². The molecule has 0 saturated heterocycles. The third-order valence-electron chi connectivity index (χ3n) is 4.72. The van der Waals surface area contributed by atoms with Crippen LogP contribution in [0.5, 0.6) is 5.75 Å². The fourth-order valence-corrected chi connectivity index (χ4v) is 5.47. The summed E-state index contributed by atoms with van der Waals surface area (Å²) < 4.78 is 41.7. The Kier molecular flexibility index (Phi) is 5.50. The normalized spacial score (nSPS) is 13.9. The number of nitrogens with one attached hydrogen (secondary N) is 1. The van der Waals surface area contributed by atoms with E-state index >= 15 is 0 Å². The molecule has 162 valence electrons. The van der Waals surface area contributed by atoms with Gasteiger partial charge in [0.05, 0.1) is 5.02 Å². The van der Waals surface area contributed by atoms with Crippen LogP contribution in [0.4, 0.5) is 10.1 Å². The summed E-state index contributed by atoms with van der Waals surface area (Å²) in [6, 6.07) is 7.00. The molecule has 1 aliphatic heterocycles. The van der Waals surface area contributed by atoms with Crippen molar-refractivity contribution in [2.45, 2.75) is 17.3 Å². The van der Waals surface area contributed by atoms with Gasteiger partial charge >= 0.3 is 0 Å². The van der Waals surface area contributed by atoms with Crippen LogP contribution < -0.4 is 10.2 Å². The number of benzene rings is 1. The van der Waals surface area contributed by atoms with Crippen molar-refractivity contribution in [1.82, 2.24) is 9.47 Å². The van der Waals surface area contributed by atoms with Crippen molar-refractivity contribution < 1.29 is 22.7 Å². The number of carbonyl (C=O) groups is 1. The number of pyridine rings is 1. The first-order valence-electron chi connectivity index (χ1n) is 8.93. The number of aromatic nitrogens is 1. The summed E-state index contributed by atoms with van der Waals surface area (Å²) in [5.74, 6) is -2.05. The molecule has 2 aromatic heterocycles. The average molecular weight is 484 g/mol. The number of carbonyl (C=O) groups excluding carboxylic acids is 1. The lowest BCUT2D eigenvalue weighted by Gasteiger charge is -2.30. The van der Waals surface area contributed by atoms with E-state index < -0.39 is 32.9 Å². The maximum absolute atomic E-state index is 13.4. The van der Waals surface area contributed by atoms with Crippen LogP contribution in [0.3, 0.4) is 0 Å². The topological polar surface area (TPSA) is 109 Å². The summed E-state index contributed by atoms with van der Waals surface area (Å²) in [7, 11) is -4.00. The number of aromatic hydroxyl groups is 1. The molecule has 0 radical (unpaired) electrons. The van der Waals surface area contributed by atoms with E-state index in [1.807, 2.05) is 0 Å². The van der Waals surface area contributed by atoms with Crippen LogP contribution in [0.2, 0.25) is 5.02 Å². The van der Waals surface area contributed by atoms with Gasteiger partial charge in [0.1, 0.15) is 15.7 Å². The Morgan fingerprint density at radius 2 is 2.00 bits per heavy atom. The molecule has 0 saturated carbocycles. The highest BCUT2D eigenvalue weighted by Gasteiger charge is 2.30. The molecule has 0 bridgehead atoms. The number of rotatable bonds is 5. The Morgan fingerprint density at radius 3 is 2.68 bits per heavy atom. The Labute approximate surface area is 185 Å². The van der Waals surface area contributed by atoms with Gasteiger partial charge in [0.25, 0.3) is 15.9 Å². The number of halogens is 2. The standard InChI is InChI=1S/C19H15ClFN3O5S2/c20-12-8-11(3-4-13(12)21)9-24-6-5-23-10-14(17(25)18(26)16(23)19(24)27)22-31(28,29)15-2-1-7-30-15/h1-4,7-8,10,22,26H,5-6,9H2. The number of nitrogens with zero attached hydrogens (tertiary/aromatic N) is 2. The zero-order valence-electron chi connectivity index (χ0n) is 15.7. The van der Waals surface area contributed by atoms with Gasteiger partial charge in [-0.25, -0.2) is 12.8 Å². The number of anilines is 1. The predicted molar refractivity (Wildman–Crippen MR) is 114 cm³/mol. The van der Waals surface area contributed by atoms with Gasteiger partial charge < -0.3 is 14.6 Å². The number of hydrogen-bond donors (Lipinski definition) is 2. The molecular formula is C19H15ClFN3O5S2. The van der Waals surface area contributed by atoms with Crippen LogP contribution in [0.15, 0.2) is 50.9 Å². The average Bonchev–Trinajstić information content (AvgIpc) is 3.26. The Hall–Kier alpha value is -2.89. The molecular weight excluding hydrogens is 469 g/mol. The summed E-state index contributed by atoms with van der Waals surface area (Å²) in [5, 5.41) is 11.9. The second-order valence-corrected chi connectivity index (χ2v) is 10.0. The molecule has 0 atom stereocenters. The zero-order valence-corrected chi connectivity index (χ0v) is 18.1. The highest BCUT2D eigenvalue weighted by atomic mass is 35.5. The zero-order chi connectivity index (χ0) is 22.3. The van der Waals surface area contributed by atoms with Crippen LogP contribution in [0, 0.1) is 5.82 Å². The molecule has 1 aliphatic rings. The first-order chi connectivity index (χ1) is 14.7. The van der Waals surface area contributed by atoms with E-state index in [1.54, 1.807) is 11.4 Å². The van der Waals surface area contributed by atoms with Gasteiger partial charge in [0.15, 0.2) is 11.4 Å². The van der Waals surface area contributed by atoms with Gasteiger partial charge in [-0.15, -0.1) is 11.3 Å². The summed E-state index contributed by atoms with van der Waals surface area (Å²) in [5.41, 5.74) is -1.04. The lowest BCUT2D eigenvalue weighted by atomic mass is 10.1. The Bertz CT molecular complexity index is 1340. The molecule has 8 nitrogen and oxygen atoms in total. The van der Waals surface area contributed by atoms with E-state index in [4.69, 9.17) is 11.6 Å². The lowest BCUT2D eigenvalue weighted by Crippen LogP contribution is -2.41. The molecule has 4 rings (SSSR count). The predicted octanol–water partition coefficient (Wildman–Crippen LogP) is 2.86. The molecule has 31 heavy (non-hydrogen) atoms. The second-order valence-electron chi connectivity index (χ2n) is 6.78. The monoisotopic (exact) mass is 483 g/mol. The van der Waals surface area contributed by atoms with Gasteiger partial charge in [-0.2, -0.15) is 0 Å². The van der Waals surface area contributed by atoms with Crippen molar-refractivity contribution in [2.24, 2.45) is 0 Å². The van der Waals surface area contributed by atoms with Crippen molar-refractivity contribution in [3.8, 4) is 5.75 Å². The maximum Gasteiger partial charge on any atom is 0.274 e. The van der Waals surface area contributed by atoms with E-state index in [0.29, 0.717) is 5.56 Å². The molecule has 3 heterocycles. The molecule has 2 N–H and O–H groups in total. The third kappa shape index (κ3) is 4.03. The maximum atomic E-state index is 13.4. The highest BCUT2D eigenvalue weighted by Crippen LogP contribution is 2.26. The largest absolute Gasteiger partial charge is 0.502 e. The van der Waals surface area contributed by atoms with E-state index in [2.05, 4.69) is 4.72 Å². The summed E-state index contributed by atoms with van der Waals surface area (Å²) in [4.78, 5) is 26.8. The Balaban J connectivity index is 1.64. The van der Waals surface area contributed by atoms with Crippen molar-refractivity contribution in [1.29, 1.82) is 0 Å². The highest BCUT2D eigenvalue weighted by molar-refractivity contribution is 7.94. The molecule has 1 aromatic carbocycles. The van der Waals surface area contributed by atoms with Crippen molar-refractivity contribution in [3.05, 3.63) is 74.2 Å².